The second kappa shape index (κ2) is 6.58. The van der Waals surface area contributed by atoms with Crippen molar-refractivity contribution < 1.29 is 40.6 Å². The van der Waals surface area contributed by atoms with Gasteiger partial charge in [-0.1, -0.05) is 0 Å². The van der Waals surface area contributed by atoms with Crippen molar-refractivity contribution in [2.24, 2.45) is 0 Å². The summed E-state index contributed by atoms with van der Waals surface area (Å²) in [4.78, 5) is 20.6. The number of carbonyl (C=O) groups excluding carboxylic acids is 2. The molecule has 18 heavy (non-hydrogen) atoms. The van der Waals surface area contributed by atoms with Crippen LogP contribution in [0.1, 0.15) is 0 Å². The predicted molar refractivity (Wildman–Crippen MR) is 49.1 cm³/mol. The molecule has 0 aromatic heterocycles. The van der Waals surface area contributed by atoms with Gasteiger partial charge in [-0.05, 0) is 0 Å². The van der Waals surface area contributed by atoms with Gasteiger partial charge in [0.25, 0.3) is 0 Å². The van der Waals surface area contributed by atoms with Gasteiger partial charge in [0, 0.05) is 0 Å². The summed E-state index contributed by atoms with van der Waals surface area (Å²) in [5.41, 5.74) is 0. The van der Waals surface area contributed by atoms with E-state index in [9.17, 15) is 32.4 Å². The monoisotopic (exact) mass is 332 g/mol. The summed E-state index contributed by atoms with van der Waals surface area (Å²) in [6.45, 7) is -1.50. The number of hydrogen-bond donors (Lipinski definition) is 0. The van der Waals surface area contributed by atoms with Crippen molar-refractivity contribution in [3.8, 4) is 0 Å². The summed E-state index contributed by atoms with van der Waals surface area (Å²) in [6, 6.07) is 0. The Bertz CT molecular complexity index is 369. The largest absolute Gasteiger partial charge is 0.548 e. The highest BCUT2D eigenvalue weighted by Crippen LogP contribution is 2.51. The van der Waals surface area contributed by atoms with Crippen LogP contribution in [0.15, 0.2) is 0 Å². The number of hydrogen-bond acceptors (Lipinski definition) is 6. The molecule has 0 saturated heterocycles. The molecule has 7 nitrogen and oxygen atoms in total. The zero-order valence-electron chi connectivity index (χ0n) is 8.15. The van der Waals surface area contributed by atoms with Crippen LogP contribution < -0.4 is 5.11 Å². The number of carboxylic acid groups (broad SMARTS) is 1. The van der Waals surface area contributed by atoms with Gasteiger partial charge < -0.3 is 14.8 Å². The second-order valence-electron chi connectivity index (χ2n) is 2.76. The molecule has 0 aromatic rings. The Morgan fingerprint density at radius 2 is 1.72 bits per heavy atom. The average molecular weight is 333 g/mol. The number of halogens is 5. The Morgan fingerprint density at radius 3 is 2.00 bits per heavy atom. The summed E-state index contributed by atoms with van der Waals surface area (Å²) in [6.07, 6.45) is -6.80. The third-order valence-corrected chi connectivity index (χ3v) is 3.77. The van der Waals surface area contributed by atoms with Crippen molar-refractivity contribution in [2.45, 2.75) is 6.18 Å². The lowest BCUT2D eigenvalue weighted by Gasteiger charge is -2.25. The molecular formula is C5H4Cl2F3NO6P-. The first-order chi connectivity index (χ1) is 8.05. The van der Waals surface area contributed by atoms with E-state index in [0.29, 0.717) is 0 Å². The minimum atomic E-state index is -5.39. The van der Waals surface area contributed by atoms with Crippen LogP contribution in [0.5, 0.6) is 0 Å². The molecule has 0 aliphatic heterocycles. The number of rotatable bonds is 6. The molecule has 0 N–H and O–H groups in total. The Hall–Kier alpha value is -0.540. The van der Waals surface area contributed by atoms with Crippen LogP contribution in [0.2, 0.25) is 0 Å². The normalized spacial score (nSPS) is 12.3. The van der Waals surface area contributed by atoms with Crippen molar-refractivity contribution >= 4 is 43.2 Å². The Kier molecular flexibility index (Phi) is 6.38. The molecule has 0 bridgehead atoms. The third kappa shape index (κ3) is 5.40. The second-order valence-corrected chi connectivity index (χ2v) is 5.37. The number of carbonyl (C=O) groups is 2. The van der Waals surface area contributed by atoms with E-state index in [1.165, 1.54) is 0 Å². The van der Waals surface area contributed by atoms with Crippen LogP contribution in [0, 0.1) is 0 Å². The van der Waals surface area contributed by atoms with E-state index < -0.39 is 38.5 Å². The van der Waals surface area contributed by atoms with Gasteiger partial charge in [-0.25, -0.2) is 0 Å². The van der Waals surface area contributed by atoms with Crippen LogP contribution in [0.25, 0.3) is 0 Å². The van der Waals surface area contributed by atoms with Gasteiger partial charge in [0.2, 0.25) is 0 Å². The molecule has 0 radical (unpaired) electrons. The molecule has 0 atom stereocenters. The van der Waals surface area contributed by atoms with Crippen LogP contribution in [0.3, 0.4) is 0 Å². The SMILES string of the molecule is O=C([O-])CN(CP(=O)(OCl)OCl)C(=O)C(F)(F)F. The first-order valence-electron chi connectivity index (χ1n) is 3.81. The standard InChI is InChI=1S/C5H5Cl2F3NO6P/c6-16-18(15,17-7)2-11(1-3(12)13)4(14)5(8,9)10/h1-2H2,(H,12,13)/p-1. The third-order valence-electron chi connectivity index (χ3n) is 1.40. The summed E-state index contributed by atoms with van der Waals surface area (Å²) >= 11 is 9.31. The van der Waals surface area contributed by atoms with E-state index >= 15 is 0 Å². The van der Waals surface area contributed by atoms with E-state index in [-0.39, 0.29) is 4.90 Å². The van der Waals surface area contributed by atoms with Gasteiger partial charge in [-0.3, -0.25) is 9.36 Å². The lowest BCUT2D eigenvalue weighted by Crippen LogP contribution is -2.47. The molecule has 0 aliphatic rings. The zero-order chi connectivity index (χ0) is 14.6. The molecule has 0 heterocycles. The van der Waals surface area contributed by atoms with Gasteiger partial charge in [0.1, 0.15) is 6.29 Å². The zero-order valence-corrected chi connectivity index (χ0v) is 10.6. The summed E-state index contributed by atoms with van der Waals surface area (Å²) in [5.74, 6) is -4.61. The molecule has 0 aromatic carbocycles. The molecule has 0 rings (SSSR count). The number of nitrogens with zero attached hydrogens (tertiary/aromatic N) is 1. The number of alkyl halides is 3. The smallest absolute Gasteiger partial charge is 0.471 e. The van der Waals surface area contributed by atoms with Crippen LogP contribution >= 0.6 is 31.3 Å². The highest BCUT2D eigenvalue weighted by atomic mass is 35.5. The molecule has 13 heteroatoms. The predicted octanol–water partition coefficient (Wildman–Crippen LogP) is 0.619. The van der Waals surface area contributed by atoms with Crippen LogP contribution in [0.4, 0.5) is 13.2 Å². The Labute approximate surface area is 108 Å². The fraction of sp³-hybridized carbons (Fsp3) is 0.600. The number of amides is 1. The van der Waals surface area contributed by atoms with E-state index in [0.717, 1.165) is 0 Å². The maximum atomic E-state index is 12.1. The number of carboxylic acids is 1. The van der Waals surface area contributed by atoms with Gasteiger partial charge >= 0.3 is 19.7 Å². The van der Waals surface area contributed by atoms with Gasteiger partial charge in [-0.15, -0.1) is 0 Å². The van der Waals surface area contributed by atoms with Crippen LogP contribution in [-0.2, 0) is 22.3 Å². The lowest BCUT2D eigenvalue weighted by atomic mass is 10.5. The number of aliphatic carboxylic acids is 1. The molecule has 1 amide bonds. The maximum Gasteiger partial charge on any atom is 0.471 e. The Balaban J connectivity index is 5.08. The quantitative estimate of drug-likeness (QED) is 0.661. The molecular weight excluding hydrogens is 329 g/mol. The van der Waals surface area contributed by atoms with Crippen molar-refractivity contribution in [1.82, 2.24) is 4.90 Å². The summed E-state index contributed by atoms with van der Waals surface area (Å²) < 4.78 is 54.9. The molecule has 106 valence electrons. The van der Waals surface area contributed by atoms with Crippen LogP contribution in [-0.4, -0.2) is 35.8 Å². The topological polar surface area (TPSA) is 96.0 Å². The van der Waals surface area contributed by atoms with Gasteiger partial charge in [0.05, 0.1) is 36.2 Å². The van der Waals surface area contributed by atoms with E-state index in [1.54, 1.807) is 0 Å². The average Bonchev–Trinajstić information content (AvgIpc) is 2.25. The summed E-state index contributed by atoms with van der Waals surface area (Å²) in [5, 5.41) is 10.2. The van der Waals surface area contributed by atoms with Crippen molar-refractivity contribution in [1.29, 1.82) is 0 Å². The molecule has 0 saturated carbocycles. The lowest BCUT2D eigenvalue weighted by molar-refractivity contribution is -0.306. The molecule has 0 unspecified atom stereocenters. The molecule has 0 fully saturated rings. The summed E-state index contributed by atoms with van der Waals surface area (Å²) in [7, 11) is -4.47. The van der Waals surface area contributed by atoms with E-state index in [2.05, 4.69) is 31.9 Å². The maximum absolute atomic E-state index is 12.1. The highest BCUT2D eigenvalue weighted by molar-refractivity contribution is 7.55. The first-order valence-corrected chi connectivity index (χ1v) is 6.16. The van der Waals surface area contributed by atoms with E-state index in [4.69, 9.17) is 0 Å². The minimum Gasteiger partial charge on any atom is -0.548 e. The minimum absolute atomic E-state index is 0.388. The van der Waals surface area contributed by atoms with E-state index in [1.807, 2.05) is 0 Å². The van der Waals surface area contributed by atoms with Crippen molar-refractivity contribution in [3.63, 3.8) is 0 Å². The fourth-order valence-corrected chi connectivity index (χ4v) is 2.06. The van der Waals surface area contributed by atoms with Crippen molar-refractivity contribution in [2.75, 3.05) is 12.8 Å². The molecule has 0 spiro atoms. The van der Waals surface area contributed by atoms with Gasteiger partial charge in [0.15, 0.2) is 0 Å². The van der Waals surface area contributed by atoms with Crippen molar-refractivity contribution in [3.05, 3.63) is 0 Å². The first kappa shape index (κ1) is 17.5. The highest BCUT2D eigenvalue weighted by Gasteiger charge is 2.45. The Morgan fingerprint density at radius 1 is 1.28 bits per heavy atom. The fourth-order valence-electron chi connectivity index (χ4n) is 0.785. The molecule has 0 aliphatic carbocycles. The van der Waals surface area contributed by atoms with Gasteiger partial charge in [-0.2, -0.15) is 21.3 Å².